The summed E-state index contributed by atoms with van der Waals surface area (Å²) in [5, 5.41) is 9.16. The van der Waals surface area contributed by atoms with E-state index in [1.807, 2.05) is 6.92 Å². The molecule has 4 aliphatic heterocycles. The Labute approximate surface area is 175 Å². The number of nitrogens with zero attached hydrogens (tertiary/aromatic N) is 1. The minimum atomic E-state index is -1.06. The maximum absolute atomic E-state index is 11.2. The summed E-state index contributed by atoms with van der Waals surface area (Å²) >= 11 is 0. The van der Waals surface area contributed by atoms with Crippen LogP contribution in [0.25, 0.3) is 0 Å². The molecule has 0 amide bonds. The maximum Gasteiger partial charge on any atom is 0.354 e. The first-order valence-corrected chi connectivity index (χ1v) is 10.8. The lowest BCUT2D eigenvalue weighted by Gasteiger charge is -2.60. The van der Waals surface area contributed by atoms with Gasteiger partial charge in [-0.15, -0.1) is 0 Å². The van der Waals surface area contributed by atoms with Crippen LogP contribution >= 0.6 is 0 Å². The van der Waals surface area contributed by atoms with E-state index in [0.717, 1.165) is 31.2 Å². The highest BCUT2D eigenvalue weighted by molar-refractivity contribution is 5.85. The van der Waals surface area contributed by atoms with Crippen LogP contribution in [0.2, 0.25) is 0 Å². The second kappa shape index (κ2) is 7.24. The number of carboxylic acids is 1. The van der Waals surface area contributed by atoms with E-state index in [1.165, 1.54) is 12.3 Å². The molecule has 6 rings (SSSR count). The Kier molecular flexibility index (Phi) is 4.91. The fourth-order valence-electron chi connectivity index (χ4n) is 5.92. The Hall–Kier alpha value is -1.58. The molecule has 164 valence electrons. The molecule has 8 nitrogen and oxygen atoms in total. The van der Waals surface area contributed by atoms with E-state index in [-0.39, 0.29) is 24.1 Å². The van der Waals surface area contributed by atoms with E-state index in [0.29, 0.717) is 11.8 Å². The number of fused-ring (bicyclic) bond motifs is 2. The summed E-state index contributed by atoms with van der Waals surface area (Å²) in [6.45, 7) is 6.55. The Balaban J connectivity index is 1.39. The molecule has 4 saturated heterocycles. The zero-order valence-corrected chi connectivity index (χ0v) is 17.6. The third-order valence-corrected chi connectivity index (χ3v) is 7.55. The number of carbonyl (C=O) groups is 1. The van der Waals surface area contributed by atoms with Crippen molar-refractivity contribution in [1.29, 1.82) is 0 Å². The smallest absolute Gasteiger partial charge is 0.354 e. The quantitative estimate of drug-likeness (QED) is 0.741. The molecule has 8 heteroatoms. The normalized spacial score (nSPS) is 44.9. The summed E-state index contributed by atoms with van der Waals surface area (Å²) < 4.78 is 18.8. The van der Waals surface area contributed by atoms with Gasteiger partial charge in [0.05, 0.1) is 6.61 Å². The van der Waals surface area contributed by atoms with Crippen LogP contribution in [-0.2, 0) is 30.6 Å². The van der Waals surface area contributed by atoms with E-state index in [4.69, 9.17) is 29.1 Å². The highest BCUT2D eigenvalue weighted by Gasteiger charge is 2.69. The van der Waals surface area contributed by atoms with E-state index in [2.05, 4.69) is 18.8 Å². The number of hydrogen-bond acceptors (Lipinski definition) is 7. The van der Waals surface area contributed by atoms with Crippen molar-refractivity contribution in [3.63, 3.8) is 0 Å². The van der Waals surface area contributed by atoms with Crippen molar-refractivity contribution in [2.24, 2.45) is 23.7 Å². The molecule has 1 saturated carbocycles. The van der Waals surface area contributed by atoms with E-state index < -0.39 is 29.9 Å². The van der Waals surface area contributed by atoms with Crippen molar-refractivity contribution < 1.29 is 33.9 Å². The van der Waals surface area contributed by atoms with Gasteiger partial charge in [-0.3, -0.25) is 0 Å². The molecule has 1 aromatic heterocycles. The fraction of sp³-hybridized carbons (Fsp3) is 0.727. The summed E-state index contributed by atoms with van der Waals surface area (Å²) in [4.78, 5) is 27.0. The molecule has 1 aromatic rings. The number of rotatable bonds is 4. The monoisotopic (exact) mass is 419 g/mol. The van der Waals surface area contributed by atoms with Crippen molar-refractivity contribution in [2.45, 2.75) is 77.0 Å². The fourth-order valence-corrected chi connectivity index (χ4v) is 5.92. The lowest BCUT2D eigenvalue weighted by Crippen LogP contribution is -2.70. The molecule has 0 aromatic carbocycles. The van der Waals surface area contributed by atoms with Gasteiger partial charge >= 0.3 is 5.97 Å². The Bertz CT molecular complexity index is 833. The van der Waals surface area contributed by atoms with Crippen LogP contribution in [0, 0.1) is 23.7 Å². The molecule has 0 radical (unpaired) electrons. The Morgan fingerprint density at radius 2 is 2.10 bits per heavy atom. The first kappa shape index (κ1) is 20.3. The summed E-state index contributed by atoms with van der Waals surface area (Å²) in [6.07, 6.45) is 4.34. The van der Waals surface area contributed by atoms with Crippen LogP contribution in [0.5, 0.6) is 0 Å². The second-order valence-corrected chi connectivity index (χ2v) is 9.44. The van der Waals surface area contributed by atoms with Crippen molar-refractivity contribution in [1.82, 2.24) is 4.98 Å². The number of aromatic carboxylic acids is 1. The molecule has 0 unspecified atom stereocenters. The summed E-state index contributed by atoms with van der Waals surface area (Å²) in [5.41, 5.74) is 0.128. The summed E-state index contributed by atoms with van der Waals surface area (Å²) in [7, 11) is 0. The van der Waals surface area contributed by atoms with E-state index >= 15 is 0 Å². The van der Waals surface area contributed by atoms with Gasteiger partial charge in [-0.05, 0) is 55.7 Å². The molecule has 30 heavy (non-hydrogen) atoms. The van der Waals surface area contributed by atoms with Gasteiger partial charge in [-0.1, -0.05) is 13.8 Å². The number of ether oxygens (including phenoxy) is 3. The van der Waals surface area contributed by atoms with Crippen LogP contribution in [0.15, 0.2) is 18.3 Å². The maximum atomic E-state index is 11.2. The van der Waals surface area contributed by atoms with Crippen molar-refractivity contribution >= 4 is 5.97 Å². The topological polar surface area (TPSA) is 96.3 Å². The summed E-state index contributed by atoms with van der Waals surface area (Å²) in [6, 6.07) is 3.28. The molecule has 5 fully saturated rings. The second-order valence-electron chi connectivity index (χ2n) is 9.44. The number of hydrogen-bond donors (Lipinski definition) is 1. The zero-order chi connectivity index (χ0) is 21.1. The van der Waals surface area contributed by atoms with Gasteiger partial charge in [-0.25, -0.2) is 19.6 Å². The van der Waals surface area contributed by atoms with Crippen LogP contribution in [-0.4, -0.2) is 40.0 Å². The van der Waals surface area contributed by atoms with E-state index in [9.17, 15) is 4.79 Å². The molecular formula is C22H29NO7. The first-order chi connectivity index (χ1) is 14.3. The average Bonchev–Trinajstić information content (AvgIpc) is 2.96. The summed E-state index contributed by atoms with van der Waals surface area (Å²) in [5.74, 6) is -0.784. The molecule has 5 aliphatic rings. The highest BCUT2D eigenvalue weighted by atomic mass is 17.3. The molecule has 8 atom stereocenters. The van der Waals surface area contributed by atoms with Gasteiger partial charge in [0.15, 0.2) is 18.2 Å². The molecular weight excluding hydrogens is 390 g/mol. The van der Waals surface area contributed by atoms with Gasteiger partial charge < -0.3 is 19.3 Å². The average molecular weight is 419 g/mol. The predicted octanol–water partition coefficient (Wildman–Crippen LogP) is 3.50. The first-order valence-electron chi connectivity index (χ1n) is 10.8. The van der Waals surface area contributed by atoms with Gasteiger partial charge in [0.25, 0.3) is 0 Å². The molecule has 5 heterocycles. The van der Waals surface area contributed by atoms with E-state index in [1.54, 1.807) is 6.07 Å². The molecule has 1 N–H and O–H groups in total. The van der Waals surface area contributed by atoms with Crippen LogP contribution in [0.4, 0.5) is 0 Å². The Morgan fingerprint density at radius 1 is 1.27 bits per heavy atom. The van der Waals surface area contributed by atoms with Crippen molar-refractivity contribution in [3.05, 3.63) is 29.6 Å². The lowest BCUT2D eigenvalue weighted by atomic mass is 9.58. The van der Waals surface area contributed by atoms with Gasteiger partial charge in [0.2, 0.25) is 5.79 Å². The van der Waals surface area contributed by atoms with Crippen LogP contribution in [0.3, 0.4) is 0 Å². The Morgan fingerprint density at radius 3 is 2.90 bits per heavy atom. The largest absolute Gasteiger partial charge is 0.477 e. The van der Waals surface area contributed by atoms with Crippen molar-refractivity contribution in [2.75, 3.05) is 0 Å². The SMILES string of the molecule is C[C@H]1[C@@H](OCc2ccnc(C(=O)O)c2)O[C@@H]2O[C@@]3(C)CC[C@H]4[C@H](C)CC[C@@H]1[C@@]24OO3. The minimum absolute atomic E-state index is 0.000316. The van der Waals surface area contributed by atoms with Crippen molar-refractivity contribution in [3.8, 4) is 0 Å². The van der Waals surface area contributed by atoms with Gasteiger partial charge in [0.1, 0.15) is 5.69 Å². The highest BCUT2D eigenvalue weighted by Crippen LogP contribution is 2.60. The number of aromatic nitrogens is 1. The third-order valence-electron chi connectivity index (χ3n) is 7.55. The standard InChI is InChI=1S/C22H29NO7/c1-12-4-5-16-13(2)19(26-11-14-7-9-23-17(10-14)18(24)25)27-20-22(16)15(12)6-8-21(3,28-20)29-30-22/h7,9-10,12-13,15-16,19-20H,4-6,8,11H2,1-3H3,(H,24,25)/t12-,13-,15+,16+,19+,20-,21-,22-/m1/s1. The molecule has 2 bridgehead atoms. The number of carboxylic acid groups (broad SMARTS) is 1. The van der Waals surface area contributed by atoms with Gasteiger partial charge in [-0.2, -0.15) is 0 Å². The predicted molar refractivity (Wildman–Crippen MR) is 103 cm³/mol. The van der Waals surface area contributed by atoms with Crippen LogP contribution in [0.1, 0.15) is 62.5 Å². The third kappa shape index (κ3) is 3.08. The molecule has 1 spiro atoms. The molecule has 1 aliphatic carbocycles. The number of pyridine rings is 1. The van der Waals surface area contributed by atoms with Gasteiger partial charge in [0, 0.05) is 24.5 Å². The zero-order valence-electron chi connectivity index (χ0n) is 17.6. The minimum Gasteiger partial charge on any atom is -0.477 e. The van der Waals surface area contributed by atoms with Crippen LogP contribution < -0.4 is 0 Å². The lowest BCUT2D eigenvalue weighted by molar-refractivity contribution is -0.577.